The van der Waals surface area contributed by atoms with Crippen molar-refractivity contribution in [1.29, 1.82) is 0 Å². The molecule has 0 spiro atoms. The van der Waals surface area contributed by atoms with Gasteiger partial charge in [-0.2, -0.15) is 0 Å². The molecule has 0 aromatic carbocycles. The summed E-state index contributed by atoms with van der Waals surface area (Å²) in [5.41, 5.74) is 0. The average Bonchev–Trinajstić information content (AvgIpc) is 1.80. The van der Waals surface area contributed by atoms with Gasteiger partial charge in [-0.25, -0.2) is 0 Å². The second-order valence-corrected chi connectivity index (χ2v) is 3.49. The fourth-order valence-electron chi connectivity index (χ4n) is 0.703. The summed E-state index contributed by atoms with van der Waals surface area (Å²) in [6, 6.07) is 0. The Kier molecular flexibility index (Phi) is 13.0. The molecule has 1 N–H and O–H groups in total. The molecule has 0 rings (SSSR count). The second-order valence-electron chi connectivity index (χ2n) is 2.20. The van der Waals surface area contributed by atoms with Crippen LogP contribution < -0.4 is 0 Å². The van der Waals surface area contributed by atoms with Gasteiger partial charge in [0.15, 0.2) is 8.03 Å². The molecule has 2 nitrogen and oxygen atoms in total. The van der Waals surface area contributed by atoms with Crippen molar-refractivity contribution < 1.29 is 26.8 Å². The smallest absolute Gasteiger partial charge is 0.189 e. The topological polar surface area (TPSA) is 37.3 Å². The Morgan fingerprint density at radius 1 is 1.30 bits per heavy atom. The minimum atomic E-state index is -2.17. The molecular formula is C6H15CrO2P. The van der Waals surface area contributed by atoms with E-state index >= 15 is 0 Å². The van der Waals surface area contributed by atoms with Crippen LogP contribution in [0.25, 0.3) is 0 Å². The fourth-order valence-corrected chi connectivity index (χ4v) is 1.26. The molecule has 0 saturated heterocycles. The van der Waals surface area contributed by atoms with Crippen LogP contribution in [0.1, 0.15) is 32.6 Å². The first-order chi connectivity index (χ1) is 4.27. The molecule has 0 heterocycles. The minimum Gasteiger partial charge on any atom is -0.346 e. The Bertz CT molecular complexity index is 87.8. The summed E-state index contributed by atoms with van der Waals surface area (Å²) >= 11 is 0. The van der Waals surface area contributed by atoms with E-state index in [-0.39, 0.29) is 17.4 Å². The van der Waals surface area contributed by atoms with Crippen LogP contribution in [0.5, 0.6) is 0 Å². The van der Waals surface area contributed by atoms with E-state index in [1.54, 1.807) is 0 Å². The number of rotatable bonds is 5. The van der Waals surface area contributed by atoms with Gasteiger partial charge in [0.1, 0.15) is 0 Å². The van der Waals surface area contributed by atoms with Crippen LogP contribution in [-0.2, 0) is 21.9 Å². The van der Waals surface area contributed by atoms with Crippen LogP contribution in [0.4, 0.5) is 0 Å². The quantitative estimate of drug-likeness (QED) is 0.547. The van der Waals surface area contributed by atoms with Gasteiger partial charge in [-0.15, -0.1) is 0 Å². The Hall–Kier alpha value is 0.722. The summed E-state index contributed by atoms with van der Waals surface area (Å²) in [6.07, 6.45) is 4.92. The first kappa shape index (κ1) is 13.3. The van der Waals surface area contributed by atoms with Gasteiger partial charge in [-0.3, -0.25) is 4.57 Å². The average molecular weight is 202 g/mol. The van der Waals surface area contributed by atoms with Crippen molar-refractivity contribution in [1.82, 2.24) is 0 Å². The molecule has 0 aromatic heterocycles. The molecule has 0 amide bonds. The molecule has 1 unspecified atom stereocenters. The van der Waals surface area contributed by atoms with Crippen LogP contribution in [-0.4, -0.2) is 11.1 Å². The van der Waals surface area contributed by atoms with E-state index in [4.69, 9.17) is 4.89 Å². The maximum atomic E-state index is 10.1. The van der Waals surface area contributed by atoms with Gasteiger partial charge < -0.3 is 4.89 Å². The third kappa shape index (κ3) is 11.5. The van der Waals surface area contributed by atoms with Gasteiger partial charge in [0.05, 0.1) is 0 Å². The van der Waals surface area contributed by atoms with E-state index in [1.165, 1.54) is 12.8 Å². The van der Waals surface area contributed by atoms with E-state index in [1.807, 2.05) is 0 Å². The Labute approximate surface area is 74.0 Å². The molecule has 0 saturated carbocycles. The summed E-state index contributed by atoms with van der Waals surface area (Å²) in [5.74, 6) is 0. The summed E-state index contributed by atoms with van der Waals surface area (Å²) in [4.78, 5) is 8.40. The fraction of sp³-hybridized carbons (Fsp3) is 1.00. The molecule has 0 aliphatic carbocycles. The van der Waals surface area contributed by atoms with Crippen molar-refractivity contribution >= 4 is 8.03 Å². The standard InChI is InChI=1S/C6H15O2P.Cr/c1-2-3-4-5-6-9(7)8;/h9H,2-6H2,1H3,(H,7,8);. The van der Waals surface area contributed by atoms with Gasteiger partial charge in [0, 0.05) is 23.5 Å². The predicted molar refractivity (Wildman–Crippen MR) is 40.2 cm³/mol. The third-order valence-electron chi connectivity index (χ3n) is 1.24. The molecule has 0 aromatic rings. The van der Waals surface area contributed by atoms with Crippen molar-refractivity contribution in [3.63, 3.8) is 0 Å². The maximum Gasteiger partial charge on any atom is 0.189 e. The van der Waals surface area contributed by atoms with Gasteiger partial charge >= 0.3 is 0 Å². The van der Waals surface area contributed by atoms with Crippen molar-refractivity contribution in [3.05, 3.63) is 0 Å². The summed E-state index contributed by atoms with van der Waals surface area (Å²) in [6.45, 7) is 2.13. The van der Waals surface area contributed by atoms with Crippen LogP contribution in [0.15, 0.2) is 0 Å². The second kappa shape index (κ2) is 9.72. The van der Waals surface area contributed by atoms with E-state index in [9.17, 15) is 4.57 Å². The minimum absolute atomic E-state index is 0. The van der Waals surface area contributed by atoms with Crippen molar-refractivity contribution in [2.75, 3.05) is 6.16 Å². The van der Waals surface area contributed by atoms with Crippen LogP contribution in [0.3, 0.4) is 0 Å². The molecule has 0 aliphatic heterocycles. The molecule has 0 bridgehead atoms. The van der Waals surface area contributed by atoms with Crippen molar-refractivity contribution in [2.24, 2.45) is 0 Å². The Morgan fingerprint density at radius 2 is 1.90 bits per heavy atom. The number of hydrogen-bond donors (Lipinski definition) is 1. The Morgan fingerprint density at radius 3 is 2.30 bits per heavy atom. The first-order valence-corrected chi connectivity index (χ1v) is 5.05. The van der Waals surface area contributed by atoms with Crippen LogP contribution in [0, 0.1) is 0 Å². The van der Waals surface area contributed by atoms with Gasteiger partial charge in [0.2, 0.25) is 0 Å². The zero-order chi connectivity index (χ0) is 7.11. The monoisotopic (exact) mass is 202 g/mol. The van der Waals surface area contributed by atoms with E-state index in [0.29, 0.717) is 6.16 Å². The maximum absolute atomic E-state index is 10.1. The summed E-state index contributed by atoms with van der Waals surface area (Å²) in [5, 5.41) is 0. The van der Waals surface area contributed by atoms with Gasteiger partial charge in [0.25, 0.3) is 0 Å². The van der Waals surface area contributed by atoms with E-state index in [2.05, 4.69) is 6.92 Å². The van der Waals surface area contributed by atoms with E-state index in [0.717, 1.165) is 12.8 Å². The van der Waals surface area contributed by atoms with Crippen molar-refractivity contribution in [2.45, 2.75) is 32.6 Å². The largest absolute Gasteiger partial charge is 0.346 e. The van der Waals surface area contributed by atoms with Crippen LogP contribution >= 0.6 is 8.03 Å². The molecular weight excluding hydrogens is 187 g/mol. The normalized spacial score (nSPS) is 12.2. The van der Waals surface area contributed by atoms with Gasteiger partial charge in [-0.1, -0.05) is 26.2 Å². The molecule has 4 heteroatoms. The molecule has 1 atom stereocenters. The van der Waals surface area contributed by atoms with E-state index < -0.39 is 8.03 Å². The molecule has 10 heavy (non-hydrogen) atoms. The van der Waals surface area contributed by atoms with Crippen LogP contribution in [0.2, 0.25) is 0 Å². The third-order valence-corrected chi connectivity index (χ3v) is 2.03. The zero-order valence-electron chi connectivity index (χ0n) is 6.30. The molecule has 62 valence electrons. The molecule has 0 fully saturated rings. The molecule has 0 aliphatic rings. The zero-order valence-corrected chi connectivity index (χ0v) is 8.57. The SMILES string of the molecule is CCCCCC[PH](=O)O.[Cr]. The number of unbranched alkanes of at least 4 members (excludes halogenated alkanes) is 3. The van der Waals surface area contributed by atoms with Gasteiger partial charge in [-0.05, 0) is 6.42 Å². The summed E-state index contributed by atoms with van der Waals surface area (Å²) in [7, 11) is -2.17. The molecule has 0 radical (unpaired) electrons. The number of hydrogen-bond acceptors (Lipinski definition) is 1. The predicted octanol–water partition coefficient (Wildman–Crippen LogP) is 2.03. The summed E-state index contributed by atoms with van der Waals surface area (Å²) < 4.78 is 10.1. The first-order valence-electron chi connectivity index (χ1n) is 3.49. The Balaban J connectivity index is 0. The van der Waals surface area contributed by atoms with Crippen molar-refractivity contribution in [3.8, 4) is 0 Å².